The average Bonchev–Trinajstić information content (AvgIpc) is 3.20. The van der Waals surface area contributed by atoms with Gasteiger partial charge in [-0.1, -0.05) is 77.9 Å². The van der Waals surface area contributed by atoms with E-state index < -0.39 is 11.6 Å². The van der Waals surface area contributed by atoms with E-state index in [9.17, 15) is 9.59 Å². The van der Waals surface area contributed by atoms with Crippen LogP contribution in [0.2, 0.25) is 0 Å². The first-order valence-corrected chi connectivity index (χ1v) is 23.5. The topological polar surface area (TPSA) is 106 Å². The van der Waals surface area contributed by atoms with Gasteiger partial charge < -0.3 is 30.0 Å². The number of carbonyl (C=O) groups excluding carboxylic acids is 1. The molecule has 0 aromatic heterocycles. The molecule has 0 radical (unpaired) electrons. The number of esters is 1. The lowest BCUT2D eigenvalue weighted by atomic mass is 9.72. The van der Waals surface area contributed by atoms with Crippen LogP contribution >= 0.6 is 0 Å². The van der Waals surface area contributed by atoms with Crippen LogP contribution in [0.15, 0.2) is 72.8 Å². The zero-order valence-corrected chi connectivity index (χ0v) is 39.5. The maximum atomic E-state index is 11.8. The van der Waals surface area contributed by atoms with Crippen molar-refractivity contribution in [3.05, 3.63) is 83.9 Å². The van der Waals surface area contributed by atoms with Gasteiger partial charge in [-0.05, 0) is 190 Å². The van der Waals surface area contributed by atoms with E-state index in [2.05, 4.69) is 125 Å². The molecule has 0 amide bonds. The average molecular weight is 851 g/mol. The molecule has 0 heterocycles. The Morgan fingerprint density at radius 1 is 0.548 bits per heavy atom. The number of hydrogen-bond acceptors (Lipinski definition) is 7. The van der Waals surface area contributed by atoms with Crippen LogP contribution < -0.4 is 20.1 Å². The van der Waals surface area contributed by atoms with Crippen LogP contribution in [-0.2, 0) is 27.4 Å². The lowest BCUT2D eigenvalue weighted by molar-refractivity contribution is -0.154. The minimum absolute atomic E-state index is 0.129. The van der Waals surface area contributed by atoms with Gasteiger partial charge in [0.25, 0.3) is 0 Å². The van der Waals surface area contributed by atoms with E-state index in [1.165, 1.54) is 58.4 Å². The Balaban J connectivity index is 0.000000236. The highest BCUT2D eigenvalue weighted by Crippen LogP contribution is 2.40. The molecule has 4 aromatic carbocycles. The molecule has 62 heavy (non-hydrogen) atoms. The molecular weight excluding hydrogens is 773 g/mol. The summed E-state index contributed by atoms with van der Waals surface area (Å²) in [6.07, 6.45) is 12.4. The third-order valence-electron chi connectivity index (χ3n) is 12.7. The lowest BCUT2D eigenvalue weighted by Gasteiger charge is -2.37. The molecule has 8 heteroatoms. The molecule has 8 nitrogen and oxygen atoms in total. The third kappa shape index (κ3) is 16.5. The Labute approximate surface area is 373 Å². The third-order valence-corrected chi connectivity index (χ3v) is 12.7. The van der Waals surface area contributed by atoms with E-state index in [0.717, 1.165) is 75.1 Å². The van der Waals surface area contributed by atoms with Crippen molar-refractivity contribution in [2.75, 3.05) is 13.1 Å². The standard InChI is InChI=1S/C29H43NO3.C25H35NO3/c1-28(2,3)24-12-15-25(16-13-24)32-26-14-11-22-18-21(9-10-23(22)19-26)20-30-17-7-8-27(31)33-29(4,5)6;1-25(2,3)21-9-12-22(13-10-21)29-23-11-8-19-15-18(6-7-20(19)16-23)17-26-14-4-5-24(27)28/h9-11,14,18-19,24-25,30H,7-8,12-13,15-17,20H2,1-6H3;6-8,11,15-16,21-22,26H,4-5,9-10,12-14,17H2,1-3H3,(H,27,28). The zero-order valence-electron chi connectivity index (χ0n) is 39.5. The van der Waals surface area contributed by atoms with Crippen molar-refractivity contribution in [2.45, 2.75) is 170 Å². The van der Waals surface area contributed by atoms with E-state index in [1.807, 2.05) is 20.8 Å². The molecule has 2 saturated carbocycles. The van der Waals surface area contributed by atoms with Crippen molar-refractivity contribution in [1.82, 2.24) is 10.6 Å². The summed E-state index contributed by atoms with van der Waals surface area (Å²) < 4.78 is 18.0. The highest BCUT2D eigenvalue weighted by molar-refractivity contribution is 5.85. The molecule has 3 N–H and O–H groups in total. The molecule has 2 aliphatic rings. The molecule has 0 atom stereocenters. The summed E-state index contributed by atoms with van der Waals surface area (Å²) in [6, 6.07) is 25.9. The molecule has 0 spiro atoms. The predicted octanol–water partition coefficient (Wildman–Crippen LogP) is 12.8. The lowest BCUT2D eigenvalue weighted by Crippen LogP contribution is -2.30. The van der Waals surface area contributed by atoms with Gasteiger partial charge in [0.15, 0.2) is 0 Å². The Bertz CT molecular complexity index is 2020. The monoisotopic (exact) mass is 851 g/mol. The van der Waals surface area contributed by atoms with Crippen LogP contribution in [0.3, 0.4) is 0 Å². The fourth-order valence-corrected chi connectivity index (χ4v) is 8.97. The van der Waals surface area contributed by atoms with Gasteiger partial charge in [0, 0.05) is 25.9 Å². The maximum Gasteiger partial charge on any atom is 0.306 e. The number of ether oxygens (including phenoxy) is 3. The molecule has 2 aliphatic carbocycles. The molecular formula is C54H78N2O6. The number of rotatable bonds is 16. The Morgan fingerprint density at radius 2 is 0.935 bits per heavy atom. The molecule has 6 rings (SSSR count). The number of carboxylic acid groups (broad SMARTS) is 1. The summed E-state index contributed by atoms with van der Waals surface area (Å²) in [5.41, 5.74) is 2.85. The SMILES string of the molecule is CC(C)(C)C1CCC(Oc2ccc3cc(CNCCCC(=O)O)ccc3c2)CC1.CC(C)(C)OC(=O)CCCNCc1ccc2cc(OC3CCC(C(C)(C)C)CC3)ccc2c1. The van der Waals surface area contributed by atoms with Crippen molar-refractivity contribution in [1.29, 1.82) is 0 Å². The smallest absolute Gasteiger partial charge is 0.306 e. The second-order valence-electron chi connectivity index (χ2n) is 21.1. The summed E-state index contributed by atoms with van der Waals surface area (Å²) in [7, 11) is 0. The Morgan fingerprint density at radius 3 is 1.32 bits per heavy atom. The number of carbonyl (C=O) groups is 2. The number of hydrogen-bond donors (Lipinski definition) is 3. The van der Waals surface area contributed by atoms with E-state index in [-0.39, 0.29) is 12.4 Å². The van der Waals surface area contributed by atoms with Crippen molar-refractivity contribution in [3.8, 4) is 11.5 Å². The number of carboxylic acids is 1. The van der Waals surface area contributed by atoms with E-state index in [1.54, 1.807) is 0 Å². The van der Waals surface area contributed by atoms with Gasteiger partial charge in [0.2, 0.25) is 0 Å². The van der Waals surface area contributed by atoms with E-state index in [4.69, 9.17) is 19.3 Å². The molecule has 2 fully saturated rings. The van der Waals surface area contributed by atoms with Crippen molar-refractivity contribution in [2.24, 2.45) is 22.7 Å². The Kier molecular flexibility index (Phi) is 17.7. The molecule has 0 bridgehead atoms. The fraction of sp³-hybridized carbons (Fsp3) is 0.593. The van der Waals surface area contributed by atoms with Gasteiger partial charge in [-0.25, -0.2) is 0 Å². The quantitative estimate of drug-likeness (QED) is 0.0756. The van der Waals surface area contributed by atoms with Crippen LogP contribution in [0.25, 0.3) is 21.5 Å². The second kappa shape index (κ2) is 22.5. The summed E-state index contributed by atoms with van der Waals surface area (Å²) in [6.45, 7) is 22.9. The number of aliphatic carboxylic acids is 1. The van der Waals surface area contributed by atoms with Crippen LogP contribution in [0.5, 0.6) is 11.5 Å². The first-order valence-electron chi connectivity index (χ1n) is 23.5. The van der Waals surface area contributed by atoms with Gasteiger partial charge in [-0.15, -0.1) is 0 Å². The van der Waals surface area contributed by atoms with Gasteiger partial charge >= 0.3 is 11.9 Å². The largest absolute Gasteiger partial charge is 0.490 e. The van der Waals surface area contributed by atoms with Gasteiger partial charge in [-0.3, -0.25) is 9.59 Å². The minimum Gasteiger partial charge on any atom is -0.490 e. The molecule has 0 saturated heterocycles. The minimum atomic E-state index is -0.738. The molecule has 0 aliphatic heterocycles. The van der Waals surface area contributed by atoms with Crippen molar-refractivity contribution in [3.63, 3.8) is 0 Å². The summed E-state index contributed by atoms with van der Waals surface area (Å²) >= 11 is 0. The second-order valence-corrected chi connectivity index (χ2v) is 21.1. The highest BCUT2D eigenvalue weighted by Gasteiger charge is 2.31. The van der Waals surface area contributed by atoms with Crippen molar-refractivity contribution >= 4 is 33.5 Å². The zero-order chi connectivity index (χ0) is 44.9. The van der Waals surface area contributed by atoms with Crippen molar-refractivity contribution < 1.29 is 28.9 Å². The first-order chi connectivity index (χ1) is 29.3. The molecule has 4 aromatic rings. The number of fused-ring (bicyclic) bond motifs is 2. The molecule has 0 unspecified atom stereocenters. The number of benzene rings is 4. The molecule has 340 valence electrons. The maximum absolute atomic E-state index is 11.8. The first kappa shape index (κ1) is 48.9. The van der Waals surface area contributed by atoms with E-state index >= 15 is 0 Å². The summed E-state index contributed by atoms with van der Waals surface area (Å²) in [5.74, 6) is 2.69. The van der Waals surface area contributed by atoms with Crippen LogP contribution in [0, 0.1) is 22.7 Å². The highest BCUT2D eigenvalue weighted by atomic mass is 16.6. The number of nitrogens with one attached hydrogen (secondary N) is 2. The normalized spacial score (nSPS) is 19.7. The van der Waals surface area contributed by atoms with Gasteiger partial charge in [-0.2, -0.15) is 0 Å². The summed E-state index contributed by atoms with van der Waals surface area (Å²) in [4.78, 5) is 22.3. The fourth-order valence-electron chi connectivity index (χ4n) is 8.97. The Hall–Kier alpha value is -4.14. The van der Waals surface area contributed by atoms with Gasteiger partial charge in [0.05, 0.1) is 12.2 Å². The summed E-state index contributed by atoms with van der Waals surface area (Å²) in [5, 5.41) is 20.3. The predicted molar refractivity (Wildman–Crippen MR) is 255 cm³/mol. The van der Waals surface area contributed by atoms with Gasteiger partial charge in [0.1, 0.15) is 17.1 Å². The van der Waals surface area contributed by atoms with E-state index in [0.29, 0.717) is 42.4 Å². The van der Waals surface area contributed by atoms with Crippen LogP contribution in [0.4, 0.5) is 0 Å². The van der Waals surface area contributed by atoms with Crippen LogP contribution in [-0.4, -0.2) is 47.9 Å². The van der Waals surface area contributed by atoms with Crippen LogP contribution in [0.1, 0.15) is 150 Å².